The van der Waals surface area contributed by atoms with Crippen molar-refractivity contribution in [3.63, 3.8) is 0 Å². The smallest absolute Gasteiger partial charge is 0.437 e. The molecule has 0 amide bonds. The fraction of sp³-hybridized carbons (Fsp3) is 0.360. The summed E-state index contributed by atoms with van der Waals surface area (Å²) in [6.45, 7) is 10.5. The number of alkyl halides is 3. The average molecular weight is 455 g/mol. The first-order chi connectivity index (χ1) is 15.9. The van der Waals surface area contributed by atoms with Gasteiger partial charge in [0.1, 0.15) is 5.75 Å². The summed E-state index contributed by atoms with van der Waals surface area (Å²) in [6, 6.07) is 11.3. The van der Waals surface area contributed by atoms with E-state index in [-0.39, 0.29) is 11.0 Å². The second kappa shape index (κ2) is 9.57. The molecule has 4 rings (SSSR count). The predicted molar refractivity (Wildman–Crippen MR) is 120 cm³/mol. The number of halogens is 3. The number of ether oxygens (including phenoxy) is 1. The molecule has 2 aromatic carbocycles. The van der Waals surface area contributed by atoms with E-state index in [0.717, 1.165) is 42.3 Å². The van der Waals surface area contributed by atoms with Crippen LogP contribution in [-0.4, -0.2) is 22.9 Å². The van der Waals surface area contributed by atoms with Crippen molar-refractivity contribution in [3.05, 3.63) is 70.8 Å². The van der Waals surface area contributed by atoms with Crippen molar-refractivity contribution in [1.29, 1.82) is 0 Å². The van der Waals surface area contributed by atoms with Gasteiger partial charge in [-0.3, -0.25) is 0 Å². The van der Waals surface area contributed by atoms with Gasteiger partial charge in [-0.15, -0.1) is 0 Å². The molecule has 2 aromatic heterocycles. The van der Waals surface area contributed by atoms with Crippen molar-refractivity contribution < 1.29 is 22.4 Å². The quantitative estimate of drug-likeness (QED) is 0.209. The molecule has 4 aromatic rings. The van der Waals surface area contributed by atoms with Crippen molar-refractivity contribution in [3.8, 4) is 5.75 Å². The fourth-order valence-electron chi connectivity index (χ4n) is 4.07. The first-order valence-corrected chi connectivity index (χ1v) is 10.9. The summed E-state index contributed by atoms with van der Waals surface area (Å²) in [5, 5.41) is 4.36. The molecule has 0 unspecified atom stereocenters. The first kappa shape index (κ1) is 22.7. The second-order valence-corrected chi connectivity index (χ2v) is 7.93. The molecular formula is C25H24F3N3O2. The lowest BCUT2D eigenvalue weighted by molar-refractivity contribution is -0.141. The van der Waals surface area contributed by atoms with Crippen LogP contribution in [-0.2, 0) is 25.6 Å². The lowest BCUT2D eigenvalue weighted by Gasteiger charge is -2.12. The fourth-order valence-corrected chi connectivity index (χ4v) is 4.07. The molecule has 172 valence electrons. The van der Waals surface area contributed by atoms with Crippen LogP contribution in [0.5, 0.6) is 5.75 Å². The standard InChI is InChI=1S/C25H24F3N3O2/c1-3-5-19-22(9-7-20-23(19)33-30-24(20)25(26,27)28)32-15-4-13-31-14-11-18-16-17(10-12-29-2)6-8-21(18)31/h6-9,11,14,16H,3-5,10,12-13,15H2,1H3. The van der Waals surface area contributed by atoms with Crippen molar-refractivity contribution in [2.24, 2.45) is 0 Å². The molecule has 0 bridgehead atoms. The molecule has 2 heterocycles. The van der Waals surface area contributed by atoms with Crippen LogP contribution in [0, 0.1) is 6.57 Å². The normalized spacial score (nSPS) is 11.8. The van der Waals surface area contributed by atoms with Gasteiger partial charge in [-0.1, -0.05) is 24.6 Å². The van der Waals surface area contributed by atoms with E-state index in [0.29, 0.717) is 30.9 Å². The molecule has 0 N–H and O–H groups in total. The number of aryl methyl sites for hydroxylation is 2. The van der Waals surface area contributed by atoms with Gasteiger partial charge in [0.05, 0.1) is 12.0 Å². The highest BCUT2D eigenvalue weighted by Gasteiger charge is 2.37. The first-order valence-electron chi connectivity index (χ1n) is 10.9. The van der Waals surface area contributed by atoms with Gasteiger partial charge in [0.25, 0.3) is 0 Å². The Morgan fingerprint density at radius 2 is 2.00 bits per heavy atom. The minimum atomic E-state index is -4.56. The van der Waals surface area contributed by atoms with Gasteiger partial charge >= 0.3 is 6.18 Å². The Labute approximate surface area is 189 Å². The summed E-state index contributed by atoms with van der Waals surface area (Å²) in [4.78, 5) is 3.41. The Morgan fingerprint density at radius 1 is 1.15 bits per heavy atom. The maximum Gasteiger partial charge on any atom is 0.437 e. The molecule has 33 heavy (non-hydrogen) atoms. The van der Waals surface area contributed by atoms with Gasteiger partial charge < -0.3 is 18.7 Å². The molecule has 0 fully saturated rings. The summed E-state index contributed by atoms with van der Waals surface area (Å²) >= 11 is 0. The zero-order chi connectivity index (χ0) is 23.4. The Morgan fingerprint density at radius 3 is 2.76 bits per heavy atom. The Hall–Kier alpha value is -3.47. The topological polar surface area (TPSA) is 44.5 Å². The maximum atomic E-state index is 13.2. The van der Waals surface area contributed by atoms with Crippen LogP contribution < -0.4 is 4.74 Å². The summed E-state index contributed by atoms with van der Waals surface area (Å²) in [6.07, 6.45) is 0.233. The van der Waals surface area contributed by atoms with Gasteiger partial charge in [0, 0.05) is 30.2 Å². The van der Waals surface area contributed by atoms with Crippen LogP contribution in [0.4, 0.5) is 13.2 Å². The molecule has 8 heteroatoms. The van der Waals surface area contributed by atoms with E-state index >= 15 is 0 Å². The molecule has 0 aliphatic rings. The maximum absolute atomic E-state index is 13.2. The minimum absolute atomic E-state index is 0.0344. The minimum Gasteiger partial charge on any atom is -0.493 e. The molecule has 0 aliphatic carbocycles. The van der Waals surface area contributed by atoms with Crippen molar-refractivity contribution in [1.82, 2.24) is 9.72 Å². The van der Waals surface area contributed by atoms with Gasteiger partial charge in [0.2, 0.25) is 6.54 Å². The Kier molecular flexibility index (Phi) is 6.59. The third-order valence-corrected chi connectivity index (χ3v) is 5.62. The van der Waals surface area contributed by atoms with Crippen molar-refractivity contribution >= 4 is 21.9 Å². The van der Waals surface area contributed by atoms with Crippen LogP contribution in [0.25, 0.3) is 26.7 Å². The number of nitrogens with zero attached hydrogens (tertiary/aromatic N) is 3. The van der Waals surface area contributed by atoms with Gasteiger partial charge in [-0.2, -0.15) is 13.2 Å². The summed E-state index contributed by atoms with van der Waals surface area (Å²) in [5.41, 5.74) is 2.04. The van der Waals surface area contributed by atoms with Gasteiger partial charge in [0.15, 0.2) is 11.3 Å². The third kappa shape index (κ3) is 4.82. The molecule has 0 atom stereocenters. The van der Waals surface area contributed by atoms with Gasteiger partial charge in [-0.25, -0.2) is 6.57 Å². The number of fused-ring (bicyclic) bond motifs is 2. The lowest BCUT2D eigenvalue weighted by atomic mass is 10.0. The lowest BCUT2D eigenvalue weighted by Crippen LogP contribution is -2.06. The molecule has 0 radical (unpaired) electrons. The molecule has 5 nitrogen and oxygen atoms in total. The van der Waals surface area contributed by atoms with Crippen LogP contribution in [0.1, 0.15) is 36.6 Å². The van der Waals surface area contributed by atoms with E-state index in [1.165, 1.54) is 6.07 Å². The molecular weight excluding hydrogens is 431 g/mol. The number of rotatable bonds is 9. The SMILES string of the molecule is [C-]#[N+]CCc1ccc2c(ccn2CCCOc2ccc3c(C(F)(F)F)noc3c2CCC)c1. The van der Waals surface area contributed by atoms with Crippen LogP contribution in [0.15, 0.2) is 47.1 Å². The number of hydrogen-bond acceptors (Lipinski definition) is 3. The molecule has 0 spiro atoms. The van der Waals surface area contributed by atoms with E-state index in [4.69, 9.17) is 15.8 Å². The number of benzene rings is 2. The van der Waals surface area contributed by atoms with E-state index in [2.05, 4.69) is 38.8 Å². The largest absolute Gasteiger partial charge is 0.493 e. The third-order valence-electron chi connectivity index (χ3n) is 5.62. The van der Waals surface area contributed by atoms with Crippen molar-refractivity contribution in [2.45, 2.75) is 45.3 Å². The van der Waals surface area contributed by atoms with Crippen LogP contribution in [0.2, 0.25) is 0 Å². The summed E-state index contributed by atoms with van der Waals surface area (Å²) in [5.74, 6) is 0.538. The summed E-state index contributed by atoms with van der Waals surface area (Å²) in [7, 11) is 0. The Balaban J connectivity index is 1.44. The zero-order valence-corrected chi connectivity index (χ0v) is 18.3. The van der Waals surface area contributed by atoms with Gasteiger partial charge in [-0.05, 0) is 54.1 Å². The number of aromatic nitrogens is 2. The Bertz CT molecular complexity index is 1300. The molecule has 0 aliphatic heterocycles. The monoisotopic (exact) mass is 455 g/mol. The highest BCUT2D eigenvalue weighted by Crippen LogP contribution is 2.38. The van der Waals surface area contributed by atoms with Crippen molar-refractivity contribution in [2.75, 3.05) is 13.2 Å². The van der Waals surface area contributed by atoms with E-state index in [1.807, 2.05) is 13.1 Å². The zero-order valence-electron chi connectivity index (χ0n) is 18.3. The highest BCUT2D eigenvalue weighted by molar-refractivity contribution is 5.85. The average Bonchev–Trinajstić information content (AvgIpc) is 3.40. The highest BCUT2D eigenvalue weighted by atomic mass is 19.4. The van der Waals surface area contributed by atoms with E-state index in [1.54, 1.807) is 6.07 Å². The molecule has 0 saturated heterocycles. The number of hydrogen-bond donors (Lipinski definition) is 0. The van der Waals surface area contributed by atoms with E-state index < -0.39 is 11.9 Å². The summed E-state index contributed by atoms with van der Waals surface area (Å²) < 4.78 is 52.7. The predicted octanol–water partition coefficient (Wildman–Crippen LogP) is 6.68. The molecule has 0 saturated carbocycles. The second-order valence-electron chi connectivity index (χ2n) is 7.93. The van der Waals surface area contributed by atoms with Crippen LogP contribution >= 0.6 is 0 Å². The van der Waals surface area contributed by atoms with E-state index in [9.17, 15) is 13.2 Å². The van der Waals surface area contributed by atoms with Crippen LogP contribution in [0.3, 0.4) is 0 Å².